The third-order valence-corrected chi connectivity index (χ3v) is 5.25. The molecule has 2 aromatic rings. The summed E-state index contributed by atoms with van der Waals surface area (Å²) in [5, 5.41) is 1.86. The van der Waals surface area contributed by atoms with Gasteiger partial charge >= 0.3 is 0 Å². The Balaban J connectivity index is 2.28. The van der Waals surface area contributed by atoms with Crippen LogP contribution in [-0.4, -0.2) is 20.1 Å². The quantitative estimate of drug-likeness (QED) is 0.601. The maximum Gasteiger partial charge on any atom is 0.232 e. The number of alkyl halides is 1. The zero-order chi connectivity index (χ0) is 14.6. The Labute approximate surface area is 132 Å². The van der Waals surface area contributed by atoms with Crippen LogP contribution in [0.3, 0.4) is 0 Å². The number of halogens is 2. The fourth-order valence-electron chi connectivity index (χ4n) is 1.96. The Morgan fingerprint density at radius 2 is 1.75 bits per heavy atom. The minimum atomic E-state index is -3.34. The fourth-order valence-corrected chi connectivity index (χ4v) is 3.82. The lowest BCUT2D eigenvalue weighted by Crippen LogP contribution is -2.17. The normalized spacial score (nSPS) is 11.7. The first-order valence-electron chi connectivity index (χ1n) is 6.27. The number of unbranched alkanes of at least 4 members (excludes halogenated alkanes) is 1. The van der Waals surface area contributed by atoms with Crippen molar-refractivity contribution in [3.8, 4) is 0 Å². The maximum absolute atomic E-state index is 12.0. The molecule has 0 heterocycles. The minimum Gasteiger partial charge on any atom is -0.283 e. The van der Waals surface area contributed by atoms with Crippen molar-refractivity contribution >= 4 is 54.0 Å². The van der Waals surface area contributed by atoms with Gasteiger partial charge in [0.25, 0.3) is 0 Å². The van der Waals surface area contributed by atoms with Crippen molar-refractivity contribution in [1.82, 2.24) is 0 Å². The number of benzene rings is 2. The first-order chi connectivity index (χ1) is 9.53. The van der Waals surface area contributed by atoms with Gasteiger partial charge in [0.15, 0.2) is 0 Å². The molecule has 20 heavy (non-hydrogen) atoms. The van der Waals surface area contributed by atoms with Crippen LogP contribution in [-0.2, 0) is 10.0 Å². The number of hydrogen-bond acceptors (Lipinski definition) is 2. The van der Waals surface area contributed by atoms with Crippen LogP contribution in [0.1, 0.15) is 12.8 Å². The summed E-state index contributed by atoms with van der Waals surface area (Å²) in [6.45, 7) is 0. The zero-order valence-electron chi connectivity index (χ0n) is 10.8. The van der Waals surface area contributed by atoms with Crippen LogP contribution in [0.4, 0.5) is 5.69 Å². The molecule has 0 aromatic heterocycles. The fraction of sp³-hybridized carbons (Fsp3) is 0.286. The highest BCUT2D eigenvalue weighted by Crippen LogP contribution is 2.30. The molecule has 0 aliphatic heterocycles. The Hall–Kier alpha value is -0.780. The van der Waals surface area contributed by atoms with Crippen molar-refractivity contribution in [2.24, 2.45) is 0 Å². The average Bonchev–Trinajstić information content (AvgIpc) is 2.42. The highest BCUT2D eigenvalue weighted by molar-refractivity contribution is 9.10. The summed E-state index contributed by atoms with van der Waals surface area (Å²) in [5.41, 5.74) is 0.606. The predicted octanol–water partition coefficient (Wildman–Crippen LogP) is 4.36. The van der Waals surface area contributed by atoms with Crippen LogP contribution in [0.25, 0.3) is 10.8 Å². The van der Waals surface area contributed by atoms with Crippen molar-refractivity contribution in [3.63, 3.8) is 0 Å². The van der Waals surface area contributed by atoms with Gasteiger partial charge in [0, 0.05) is 15.7 Å². The van der Waals surface area contributed by atoms with Crippen LogP contribution in [0.15, 0.2) is 40.9 Å². The Kier molecular flexibility index (Phi) is 5.29. The number of nitrogens with one attached hydrogen (secondary N) is 1. The number of sulfonamides is 1. The van der Waals surface area contributed by atoms with E-state index < -0.39 is 10.0 Å². The highest BCUT2D eigenvalue weighted by Gasteiger charge is 2.12. The average molecular weight is 377 g/mol. The molecule has 2 aromatic carbocycles. The molecule has 0 bridgehead atoms. The monoisotopic (exact) mass is 375 g/mol. The van der Waals surface area contributed by atoms with E-state index in [1.54, 1.807) is 6.07 Å². The molecule has 0 saturated heterocycles. The third kappa shape index (κ3) is 3.87. The Morgan fingerprint density at radius 1 is 1.05 bits per heavy atom. The second-order valence-corrected chi connectivity index (χ2v) is 7.53. The standard InChI is InChI=1S/C14H15BrClNO2S/c15-13-7-8-14(12-6-2-1-5-11(12)13)17-20(18,19)10-4-3-9-16/h1-2,5-8,17H,3-4,9-10H2. The molecule has 2 rings (SSSR count). The second-order valence-electron chi connectivity index (χ2n) is 4.46. The predicted molar refractivity (Wildman–Crippen MR) is 89.0 cm³/mol. The van der Waals surface area contributed by atoms with Gasteiger partial charge in [0.2, 0.25) is 10.0 Å². The van der Waals surface area contributed by atoms with E-state index in [2.05, 4.69) is 20.7 Å². The number of fused-ring (bicyclic) bond motifs is 1. The number of hydrogen-bond donors (Lipinski definition) is 1. The molecule has 0 aliphatic carbocycles. The largest absolute Gasteiger partial charge is 0.283 e. The van der Waals surface area contributed by atoms with E-state index >= 15 is 0 Å². The lowest BCUT2D eigenvalue weighted by molar-refractivity contribution is 0.598. The second kappa shape index (κ2) is 6.78. The van der Waals surface area contributed by atoms with Gasteiger partial charge in [-0.1, -0.05) is 40.2 Å². The summed E-state index contributed by atoms with van der Waals surface area (Å²) < 4.78 is 27.7. The van der Waals surface area contributed by atoms with Gasteiger partial charge < -0.3 is 0 Å². The van der Waals surface area contributed by atoms with Crippen molar-refractivity contribution < 1.29 is 8.42 Å². The molecule has 0 aliphatic rings. The molecular formula is C14H15BrClNO2S. The molecule has 0 spiro atoms. The van der Waals surface area contributed by atoms with Gasteiger partial charge in [-0.3, -0.25) is 4.72 Å². The van der Waals surface area contributed by atoms with Gasteiger partial charge in [-0.05, 0) is 30.4 Å². The van der Waals surface area contributed by atoms with E-state index in [-0.39, 0.29) is 5.75 Å². The molecule has 0 saturated carbocycles. The lowest BCUT2D eigenvalue weighted by Gasteiger charge is -2.11. The summed E-state index contributed by atoms with van der Waals surface area (Å²) >= 11 is 9.04. The van der Waals surface area contributed by atoms with Crippen LogP contribution in [0.5, 0.6) is 0 Å². The van der Waals surface area contributed by atoms with Gasteiger partial charge in [-0.15, -0.1) is 11.6 Å². The van der Waals surface area contributed by atoms with Crippen molar-refractivity contribution in [3.05, 3.63) is 40.9 Å². The Morgan fingerprint density at radius 3 is 2.45 bits per heavy atom. The summed E-state index contributed by atoms with van der Waals surface area (Å²) in [6, 6.07) is 11.3. The maximum atomic E-state index is 12.0. The molecule has 0 fully saturated rings. The molecule has 0 amide bonds. The topological polar surface area (TPSA) is 46.2 Å². The van der Waals surface area contributed by atoms with E-state index in [9.17, 15) is 8.42 Å². The summed E-state index contributed by atoms with van der Waals surface area (Å²) in [6.07, 6.45) is 1.26. The number of rotatable bonds is 6. The van der Waals surface area contributed by atoms with E-state index in [0.29, 0.717) is 24.4 Å². The highest BCUT2D eigenvalue weighted by atomic mass is 79.9. The minimum absolute atomic E-state index is 0.0874. The van der Waals surface area contributed by atoms with E-state index in [0.717, 1.165) is 15.2 Å². The first kappa shape index (κ1) is 15.6. The molecule has 1 N–H and O–H groups in total. The van der Waals surface area contributed by atoms with E-state index in [1.807, 2.05) is 30.3 Å². The molecule has 0 radical (unpaired) electrons. The first-order valence-corrected chi connectivity index (χ1v) is 9.25. The van der Waals surface area contributed by atoms with Crippen molar-refractivity contribution in [2.75, 3.05) is 16.4 Å². The zero-order valence-corrected chi connectivity index (χ0v) is 13.9. The van der Waals surface area contributed by atoms with Gasteiger partial charge in [0.05, 0.1) is 11.4 Å². The van der Waals surface area contributed by atoms with Crippen LogP contribution >= 0.6 is 27.5 Å². The third-order valence-electron chi connectivity index (χ3n) is 2.93. The molecular weight excluding hydrogens is 362 g/mol. The molecule has 3 nitrogen and oxygen atoms in total. The van der Waals surface area contributed by atoms with Crippen LogP contribution in [0.2, 0.25) is 0 Å². The van der Waals surface area contributed by atoms with Crippen LogP contribution < -0.4 is 4.72 Å². The summed E-state index contributed by atoms with van der Waals surface area (Å²) in [5.74, 6) is 0.570. The van der Waals surface area contributed by atoms with E-state index in [1.165, 1.54) is 0 Å². The summed E-state index contributed by atoms with van der Waals surface area (Å²) in [7, 11) is -3.34. The Bertz CT molecular complexity index is 703. The van der Waals surface area contributed by atoms with Crippen molar-refractivity contribution in [1.29, 1.82) is 0 Å². The van der Waals surface area contributed by atoms with Gasteiger partial charge in [-0.25, -0.2) is 8.42 Å². The molecule has 6 heteroatoms. The lowest BCUT2D eigenvalue weighted by atomic mass is 10.1. The SMILES string of the molecule is O=S(=O)(CCCCCl)Nc1ccc(Br)c2ccccc12. The van der Waals surface area contributed by atoms with Gasteiger partial charge in [0.1, 0.15) is 0 Å². The molecule has 108 valence electrons. The molecule has 0 atom stereocenters. The van der Waals surface area contributed by atoms with Crippen LogP contribution in [0, 0.1) is 0 Å². The van der Waals surface area contributed by atoms with Gasteiger partial charge in [-0.2, -0.15) is 0 Å². The van der Waals surface area contributed by atoms with Crippen molar-refractivity contribution in [2.45, 2.75) is 12.8 Å². The smallest absolute Gasteiger partial charge is 0.232 e. The molecule has 0 unspecified atom stereocenters. The van der Waals surface area contributed by atoms with E-state index in [4.69, 9.17) is 11.6 Å². The number of anilines is 1. The summed E-state index contributed by atoms with van der Waals surface area (Å²) in [4.78, 5) is 0.